The third-order valence-corrected chi connectivity index (χ3v) is 12.9. The smallest absolute Gasteiger partial charge is 0.160 e. The summed E-state index contributed by atoms with van der Waals surface area (Å²) in [4.78, 5) is 21.2. The summed E-state index contributed by atoms with van der Waals surface area (Å²) in [5, 5.41) is 4.71. The molecule has 0 aliphatic carbocycles. The highest BCUT2D eigenvalue weighted by Crippen LogP contribution is 2.44. The second-order valence-corrected chi connectivity index (χ2v) is 17.0. The van der Waals surface area contributed by atoms with Crippen LogP contribution >= 0.6 is 0 Å². The molecule has 6 nitrogen and oxygen atoms in total. The van der Waals surface area contributed by atoms with Crippen LogP contribution in [0.2, 0.25) is 0 Å². The Bertz CT molecular complexity index is 3880. The van der Waals surface area contributed by atoms with Gasteiger partial charge in [0.1, 0.15) is 0 Å². The molecule has 0 bridgehead atoms. The summed E-state index contributed by atoms with van der Waals surface area (Å²) < 4.78 is 4.85. The second kappa shape index (κ2) is 16.3. The quantitative estimate of drug-likeness (QED) is 0.153. The minimum Gasteiger partial charge on any atom is -0.309 e. The fourth-order valence-corrected chi connectivity index (χ4v) is 9.84. The Balaban J connectivity index is 1.15. The van der Waals surface area contributed by atoms with Gasteiger partial charge in [0.05, 0.1) is 50.5 Å². The van der Waals surface area contributed by atoms with Crippen molar-refractivity contribution in [1.29, 1.82) is 0 Å². The lowest BCUT2D eigenvalue weighted by Crippen LogP contribution is -2.02. The van der Waals surface area contributed by atoms with Crippen molar-refractivity contribution in [2.24, 2.45) is 0 Å². The molecule has 4 aromatic heterocycles. The van der Waals surface area contributed by atoms with E-state index < -0.39 is 0 Å². The average Bonchev–Trinajstić information content (AvgIpc) is 3.94. The van der Waals surface area contributed by atoms with Gasteiger partial charge in [0.15, 0.2) is 11.6 Å². The molecule has 68 heavy (non-hydrogen) atoms. The van der Waals surface area contributed by atoms with Crippen molar-refractivity contribution >= 4 is 43.6 Å². The number of nitrogens with zero attached hydrogens (tertiary/aromatic N) is 6. The van der Waals surface area contributed by atoms with Gasteiger partial charge < -0.3 is 9.13 Å². The molecular weight excluding hydrogens is 829 g/mol. The Morgan fingerprint density at radius 2 is 0.735 bits per heavy atom. The number of aromatic nitrogens is 6. The molecule has 0 fully saturated rings. The van der Waals surface area contributed by atoms with Gasteiger partial charge in [-0.2, -0.15) is 0 Å². The summed E-state index contributed by atoms with van der Waals surface area (Å²) >= 11 is 0. The minimum atomic E-state index is 0.647. The number of fused-ring (bicyclic) bond motifs is 7. The van der Waals surface area contributed by atoms with Crippen LogP contribution in [0.25, 0.3) is 123 Å². The normalized spacial score (nSPS) is 11.5. The van der Waals surface area contributed by atoms with Gasteiger partial charge in [-0.15, -0.1) is 0 Å². The number of hydrogen-bond donors (Lipinski definition) is 0. The zero-order chi connectivity index (χ0) is 45.0. The highest BCUT2D eigenvalue weighted by Gasteiger charge is 2.24. The SMILES string of the molecule is c1ccc(-c2cc(-c3ccc(-n4c5ccccc5c5ccc6c(c7ccccc7n6-c6ccccc6)c54)c(-c4cc(-c5ccccc5)nc(-c5ccccc5)n4)c3)nc(-c3ccccc3)n2)cc1. The van der Waals surface area contributed by atoms with Gasteiger partial charge in [-0.3, -0.25) is 0 Å². The fourth-order valence-electron chi connectivity index (χ4n) is 9.84. The lowest BCUT2D eigenvalue weighted by Gasteiger charge is -2.18. The molecule has 318 valence electrons. The molecule has 6 heteroatoms. The van der Waals surface area contributed by atoms with Gasteiger partial charge in [0, 0.05) is 60.6 Å². The Labute approximate surface area is 392 Å². The number of para-hydroxylation sites is 3. The predicted octanol–water partition coefficient (Wildman–Crippen LogP) is 15.5. The predicted molar refractivity (Wildman–Crippen MR) is 279 cm³/mol. The van der Waals surface area contributed by atoms with E-state index in [2.05, 4.69) is 203 Å². The zero-order valence-corrected chi connectivity index (χ0v) is 36.8. The van der Waals surface area contributed by atoms with Crippen LogP contribution in [0.1, 0.15) is 0 Å². The third kappa shape index (κ3) is 6.66. The number of rotatable bonds is 8. The molecule has 13 aromatic rings. The maximum absolute atomic E-state index is 5.49. The van der Waals surface area contributed by atoms with Crippen LogP contribution in [-0.2, 0) is 0 Å². The van der Waals surface area contributed by atoms with Crippen LogP contribution in [0.3, 0.4) is 0 Å². The summed E-state index contributed by atoms with van der Waals surface area (Å²) in [6.07, 6.45) is 0. The van der Waals surface area contributed by atoms with Crippen molar-refractivity contribution in [2.45, 2.75) is 0 Å². The Hall–Kier alpha value is -9.26. The van der Waals surface area contributed by atoms with Gasteiger partial charge in [-0.05, 0) is 54.6 Å². The lowest BCUT2D eigenvalue weighted by atomic mass is 9.99. The molecule has 0 spiro atoms. The van der Waals surface area contributed by atoms with Gasteiger partial charge in [-0.25, -0.2) is 19.9 Å². The minimum absolute atomic E-state index is 0.647. The van der Waals surface area contributed by atoms with Crippen LogP contribution < -0.4 is 0 Å². The van der Waals surface area contributed by atoms with Gasteiger partial charge in [0.25, 0.3) is 0 Å². The maximum atomic E-state index is 5.49. The average molecular weight is 869 g/mol. The molecule has 0 N–H and O–H groups in total. The Morgan fingerprint density at radius 3 is 1.32 bits per heavy atom. The topological polar surface area (TPSA) is 61.4 Å². The molecule has 9 aromatic carbocycles. The summed E-state index contributed by atoms with van der Waals surface area (Å²) in [5.74, 6) is 1.31. The highest BCUT2D eigenvalue weighted by molar-refractivity contribution is 6.26. The summed E-state index contributed by atoms with van der Waals surface area (Å²) in [5.41, 5.74) is 15.7. The lowest BCUT2D eigenvalue weighted by molar-refractivity contribution is 1.15. The first kappa shape index (κ1) is 39.1. The van der Waals surface area contributed by atoms with E-state index in [0.717, 1.165) is 89.6 Å². The molecule has 0 saturated carbocycles. The molecule has 0 aliphatic rings. The van der Waals surface area contributed by atoms with Crippen molar-refractivity contribution in [2.75, 3.05) is 0 Å². The van der Waals surface area contributed by atoms with Crippen molar-refractivity contribution in [3.8, 4) is 79.2 Å². The van der Waals surface area contributed by atoms with Crippen LogP contribution in [-0.4, -0.2) is 29.1 Å². The molecule has 0 saturated heterocycles. The van der Waals surface area contributed by atoms with Gasteiger partial charge >= 0.3 is 0 Å². The van der Waals surface area contributed by atoms with Gasteiger partial charge in [-0.1, -0.05) is 188 Å². The van der Waals surface area contributed by atoms with Crippen molar-refractivity contribution in [3.05, 3.63) is 243 Å². The molecule has 13 rings (SSSR count). The monoisotopic (exact) mass is 868 g/mol. The van der Waals surface area contributed by atoms with Crippen LogP contribution in [0.5, 0.6) is 0 Å². The molecule has 0 amide bonds. The molecule has 0 unspecified atom stereocenters. The van der Waals surface area contributed by atoms with E-state index in [0.29, 0.717) is 11.6 Å². The number of hydrogen-bond acceptors (Lipinski definition) is 4. The largest absolute Gasteiger partial charge is 0.309 e. The zero-order valence-electron chi connectivity index (χ0n) is 36.8. The van der Waals surface area contributed by atoms with Crippen LogP contribution in [0.4, 0.5) is 0 Å². The van der Waals surface area contributed by atoms with Crippen molar-refractivity contribution in [3.63, 3.8) is 0 Å². The highest BCUT2D eigenvalue weighted by atomic mass is 15.0. The maximum Gasteiger partial charge on any atom is 0.160 e. The van der Waals surface area contributed by atoms with E-state index in [-0.39, 0.29) is 0 Å². The fraction of sp³-hybridized carbons (Fsp3) is 0. The van der Waals surface area contributed by atoms with Crippen LogP contribution in [0.15, 0.2) is 243 Å². The van der Waals surface area contributed by atoms with Crippen molar-refractivity contribution in [1.82, 2.24) is 29.1 Å². The molecule has 0 radical (unpaired) electrons. The molecule has 0 aliphatic heterocycles. The summed E-state index contributed by atoms with van der Waals surface area (Å²) in [6, 6.07) is 85.0. The van der Waals surface area contributed by atoms with E-state index in [9.17, 15) is 0 Å². The molecular formula is C62H40N6. The summed E-state index contributed by atoms with van der Waals surface area (Å²) in [7, 11) is 0. The summed E-state index contributed by atoms with van der Waals surface area (Å²) in [6.45, 7) is 0. The van der Waals surface area contributed by atoms with Gasteiger partial charge in [0.2, 0.25) is 0 Å². The van der Waals surface area contributed by atoms with E-state index >= 15 is 0 Å². The first-order chi connectivity index (χ1) is 33.7. The van der Waals surface area contributed by atoms with E-state index in [1.54, 1.807) is 0 Å². The van der Waals surface area contributed by atoms with E-state index in [1.165, 1.54) is 21.5 Å². The second-order valence-electron chi connectivity index (χ2n) is 17.0. The van der Waals surface area contributed by atoms with E-state index in [4.69, 9.17) is 19.9 Å². The third-order valence-electron chi connectivity index (χ3n) is 12.9. The Morgan fingerprint density at radius 1 is 0.279 bits per heavy atom. The van der Waals surface area contributed by atoms with Crippen molar-refractivity contribution < 1.29 is 0 Å². The molecule has 4 heterocycles. The Kier molecular flexibility index (Phi) is 9.39. The molecule has 0 atom stereocenters. The van der Waals surface area contributed by atoms with Crippen LogP contribution in [0, 0.1) is 0 Å². The van der Waals surface area contributed by atoms with E-state index in [1.807, 2.05) is 48.5 Å². The number of benzene rings is 9. The first-order valence-corrected chi connectivity index (χ1v) is 22.9. The first-order valence-electron chi connectivity index (χ1n) is 22.9. The standard InChI is InChI=1S/C62H40N6/c1-6-20-41(21-7-1)51-39-53(65-61(63-51)43-24-10-3-11-25-43)45-34-36-57(50(38-45)54-40-52(42-22-8-2-9-23-42)64-62(66-54)44-26-12-4-13-27-44)68-55-32-18-16-30-47(55)48-35-37-58-59(60(48)68)49-31-17-19-33-56(49)67(58)46-28-14-5-15-29-46/h1-40H.